The summed E-state index contributed by atoms with van der Waals surface area (Å²) in [5, 5.41) is 0. The van der Waals surface area contributed by atoms with Crippen LogP contribution < -0.4 is 10.5 Å². The summed E-state index contributed by atoms with van der Waals surface area (Å²) in [5.41, 5.74) is 7.58. The maximum atomic E-state index is 11.9. The Hall–Kier alpha value is -2.08. The Kier molecular flexibility index (Phi) is 3.94. The predicted octanol–water partition coefficient (Wildman–Crippen LogP) is 1.11. The van der Waals surface area contributed by atoms with Crippen LogP contribution in [0.1, 0.15) is 24.1 Å². The fourth-order valence-corrected chi connectivity index (χ4v) is 2.20. The van der Waals surface area contributed by atoms with Crippen molar-refractivity contribution in [1.29, 1.82) is 0 Å². The zero-order chi connectivity index (χ0) is 14.9. The van der Waals surface area contributed by atoms with Gasteiger partial charge in [-0.05, 0) is 24.6 Å². The molecule has 2 rings (SSSR count). The third-order valence-electron chi connectivity index (χ3n) is 3.39. The Morgan fingerprint density at radius 2 is 2.10 bits per heavy atom. The Morgan fingerprint density at radius 1 is 1.40 bits per heavy atom. The number of nitrogens with zero attached hydrogens (tertiary/aromatic N) is 2. The van der Waals surface area contributed by atoms with E-state index in [4.69, 9.17) is 10.5 Å². The number of rotatable bonds is 4. The van der Waals surface area contributed by atoms with Crippen molar-refractivity contribution in [3.63, 3.8) is 0 Å². The van der Waals surface area contributed by atoms with Crippen LogP contribution in [0.3, 0.4) is 0 Å². The molecule has 1 unspecified atom stereocenters. The van der Waals surface area contributed by atoms with Gasteiger partial charge in [-0.3, -0.25) is 9.69 Å². The molecule has 1 aliphatic rings. The highest BCUT2D eigenvalue weighted by atomic mass is 16.5. The van der Waals surface area contributed by atoms with Gasteiger partial charge in [0.05, 0.1) is 13.7 Å². The second kappa shape index (κ2) is 5.50. The second-order valence-electron chi connectivity index (χ2n) is 4.98. The molecule has 1 aromatic rings. The summed E-state index contributed by atoms with van der Waals surface area (Å²) in [6, 6.07) is 5.16. The van der Waals surface area contributed by atoms with Gasteiger partial charge in [0, 0.05) is 18.7 Å². The van der Waals surface area contributed by atoms with Crippen molar-refractivity contribution in [3.8, 4) is 5.75 Å². The van der Waals surface area contributed by atoms with Crippen LogP contribution >= 0.6 is 0 Å². The van der Waals surface area contributed by atoms with Gasteiger partial charge >= 0.3 is 6.03 Å². The standard InChI is InChI=1S/C14H19N3O3/c1-9(15)10-4-5-12(20-3)11(6-10)7-17-13(18)8-16(2)14(17)19/h4-6,9H,7-8,15H2,1-3H3. The number of urea groups is 1. The van der Waals surface area contributed by atoms with Crippen LogP contribution in [0.4, 0.5) is 4.79 Å². The van der Waals surface area contributed by atoms with Crippen molar-refractivity contribution in [2.75, 3.05) is 20.7 Å². The van der Waals surface area contributed by atoms with Crippen molar-refractivity contribution in [2.24, 2.45) is 5.73 Å². The maximum absolute atomic E-state index is 11.9. The smallest absolute Gasteiger partial charge is 0.327 e. The number of methoxy groups -OCH3 is 1. The molecule has 1 aromatic carbocycles. The SMILES string of the molecule is COc1ccc(C(C)N)cc1CN1C(=O)CN(C)C1=O. The lowest BCUT2D eigenvalue weighted by Crippen LogP contribution is -2.31. The molecule has 0 radical (unpaired) electrons. The van der Waals surface area contributed by atoms with Gasteiger partial charge in [-0.2, -0.15) is 0 Å². The topological polar surface area (TPSA) is 75.9 Å². The van der Waals surface area contributed by atoms with E-state index in [2.05, 4.69) is 0 Å². The van der Waals surface area contributed by atoms with Crippen molar-refractivity contribution in [1.82, 2.24) is 9.80 Å². The zero-order valence-electron chi connectivity index (χ0n) is 11.9. The molecule has 1 aliphatic heterocycles. The monoisotopic (exact) mass is 277 g/mol. The number of carbonyl (C=O) groups excluding carboxylic acids is 2. The third-order valence-corrected chi connectivity index (χ3v) is 3.39. The van der Waals surface area contributed by atoms with Crippen molar-refractivity contribution >= 4 is 11.9 Å². The van der Waals surface area contributed by atoms with E-state index in [9.17, 15) is 9.59 Å². The summed E-state index contributed by atoms with van der Waals surface area (Å²) in [7, 11) is 3.17. The summed E-state index contributed by atoms with van der Waals surface area (Å²) < 4.78 is 5.28. The normalized spacial score (nSPS) is 16.8. The number of amides is 3. The first kappa shape index (κ1) is 14.3. The van der Waals surface area contributed by atoms with Gasteiger partial charge in [-0.1, -0.05) is 6.07 Å². The molecule has 6 heteroatoms. The van der Waals surface area contributed by atoms with Crippen LogP contribution in [0, 0.1) is 0 Å². The Bertz CT molecular complexity index is 542. The number of ether oxygens (including phenoxy) is 1. The summed E-state index contributed by atoms with van der Waals surface area (Å²) in [6.45, 7) is 2.20. The van der Waals surface area contributed by atoms with Gasteiger partial charge in [-0.25, -0.2) is 4.79 Å². The lowest BCUT2D eigenvalue weighted by atomic mass is 10.0. The van der Waals surface area contributed by atoms with Crippen LogP contribution in [0.5, 0.6) is 5.75 Å². The van der Waals surface area contributed by atoms with Crippen LogP contribution in [0.15, 0.2) is 18.2 Å². The van der Waals surface area contributed by atoms with Crippen LogP contribution in [0.25, 0.3) is 0 Å². The second-order valence-corrected chi connectivity index (χ2v) is 4.98. The Morgan fingerprint density at radius 3 is 2.60 bits per heavy atom. The molecule has 2 N–H and O–H groups in total. The summed E-state index contributed by atoms with van der Waals surface area (Å²) in [6.07, 6.45) is 0. The predicted molar refractivity (Wildman–Crippen MR) is 74.2 cm³/mol. The first-order valence-corrected chi connectivity index (χ1v) is 6.42. The van der Waals surface area contributed by atoms with E-state index in [1.54, 1.807) is 14.2 Å². The van der Waals surface area contributed by atoms with E-state index >= 15 is 0 Å². The molecule has 0 saturated carbocycles. The van der Waals surface area contributed by atoms with Crippen molar-refractivity contribution in [3.05, 3.63) is 29.3 Å². The molecule has 0 aliphatic carbocycles. The number of imide groups is 1. The molecule has 1 saturated heterocycles. The Balaban J connectivity index is 2.30. The van der Waals surface area contributed by atoms with E-state index < -0.39 is 0 Å². The molecule has 20 heavy (non-hydrogen) atoms. The highest BCUT2D eigenvalue weighted by Crippen LogP contribution is 2.25. The van der Waals surface area contributed by atoms with E-state index in [0.29, 0.717) is 5.75 Å². The van der Waals surface area contributed by atoms with Gasteiger partial charge in [0.15, 0.2) is 0 Å². The average Bonchev–Trinajstić information content (AvgIpc) is 2.65. The average molecular weight is 277 g/mol. The van der Waals surface area contributed by atoms with Gasteiger partial charge in [0.1, 0.15) is 12.3 Å². The van der Waals surface area contributed by atoms with E-state index in [1.807, 2.05) is 25.1 Å². The molecule has 0 spiro atoms. The van der Waals surface area contributed by atoms with E-state index in [-0.39, 0.29) is 31.1 Å². The number of hydrogen-bond acceptors (Lipinski definition) is 4. The first-order valence-electron chi connectivity index (χ1n) is 6.42. The summed E-state index contributed by atoms with van der Waals surface area (Å²) in [5.74, 6) is 0.440. The van der Waals surface area contributed by atoms with Crippen LogP contribution in [-0.2, 0) is 11.3 Å². The first-order chi connectivity index (χ1) is 9.43. The lowest BCUT2D eigenvalue weighted by molar-refractivity contribution is -0.125. The largest absolute Gasteiger partial charge is 0.496 e. The lowest BCUT2D eigenvalue weighted by Gasteiger charge is -2.18. The summed E-state index contributed by atoms with van der Waals surface area (Å²) in [4.78, 5) is 26.3. The molecule has 3 amide bonds. The molecule has 0 aromatic heterocycles. The van der Waals surface area contributed by atoms with Gasteiger partial charge in [-0.15, -0.1) is 0 Å². The molecule has 6 nitrogen and oxygen atoms in total. The number of benzene rings is 1. The third kappa shape index (κ3) is 2.60. The molecule has 108 valence electrons. The number of carbonyl (C=O) groups is 2. The molecule has 1 fully saturated rings. The summed E-state index contributed by atoms with van der Waals surface area (Å²) >= 11 is 0. The van der Waals surface area contributed by atoms with E-state index in [1.165, 1.54) is 9.80 Å². The minimum absolute atomic E-state index is 0.118. The zero-order valence-corrected chi connectivity index (χ0v) is 11.9. The number of nitrogens with two attached hydrogens (primary N) is 1. The van der Waals surface area contributed by atoms with Crippen molar-refractivity contribution in [2.45, 2.75) is 19.5 Å². The molecule has 0 bridgehead atoms. The fraction of sp³-hybridized carbons (Fsp3) is 0.429. The van der Waals surface area contributed by atoms with E-state index in [0.717, 1.165) is 11.1 Å². The minimum Gasteiger partial charge on any atom is -0.496 e. The van der Waals surface area contributed by atoms with Crippen LogP contribution in [0.2, 0.25) is 0 Å². The quantitative estimate of drug-likeness (QED) is 0.836. The highest BCUT2D eigenvalue weighted by Gasteiger charge is 2.33. The molecular formula is C14H19N3O3. The van der Waals surface area contributed by atoms with Crippen LogP contribution in [-0.4, -0.2) is 42.4 Å². The molecule has 1 heterocycles. The molecule has 1 atom stereocenters. The van der Waals surface area contributed by atoms with Gasteiger partial charge < -0.3 is 15.4 Å². The van der Waals surface area contributed by atoms with Gasteiger partial charge in [0.25, 0.3) is 5.91 Å². The number of hydrogen-bond donors (Lipinski definition) is 1. The van der Waals surface area contributed by atoms with Crippen molar-refractivity contribution < 1.29 is 14.3 Å². The van der Waals surface area contributed by atoms with Gasteiger partial charge in [0.2, 0.25) is 0 Å². The minimum atomic E-state index is -0.289. The maximum Gasteiger partial charge on any atom is 0.327 e. The highest BCUT2D eigenvalue weighted by molar-refractivity contribution is 6.01. The fourth-order valence-electron chi connectivity index (χ4n) is 2.20. The Labute approximate surface area is 118 Å². The molecular weight excluding hydrogens is 258 g/mol. The number of likely N-dealkylation sites (N-methyl/N-ethyl adjacent to an activating group) is 1.